The first-order valence-corrected chi connectivity index (χ1v) is 9.32. The molecular weight excluding hydrogens is 330 g/mol. The van der Waals surface area contributed by atoms with Gasteiger partial charge < -0.3 is 10.1 Å². The lowest BCUT2D eigenvalue weighted by Gasteiger charge is -2.33. The Kier molecular flexibility index (Phi) is 4.58. The number of rotatable bonds is 2. The van der Waals surface area contributed by atoms with Crippen LogP contribution in [0, 0.1) is 17.2 Å². The number of anilines is 1. The standard InChI is InChI=1S/C16H19N3O4S/c1-11-16(20)18-14-5-3-2-4-13(14)9-19(11)24(21,22)15-10-23-7-6-12(15)8-17/h2-5,11-12,15H,6-7,9-10H2,1H3,(H,18,20). The molecule has 0 saturated carbocycles. The van der Waals surface area contributed by atoms with Crippen LogP contribution in [-0.4, -0.2) is 43.1 Å². The third kappa shape index (κ3) is 2.90. The number of hydrogen-bond acceptors (Lipinski definition) is 5. The first-order chi connectivity index (χ1) is 11.4. The molecule has 0 aliphatic carbocycles. The van der Waals surface area contributed by atoms with Gasteiger partial charge in [-0.3, -0.25) is 4.79 Å². The second-order valence-corrected chi connectivity index (χ2v) is 8.15. The molecule has 2 aliphatic rings. The maximum Gasteiger partial charge on any atom is 0.242 e. The van der Waals surface area contributed by atoms with Crippen molar-refractivity contribution in [2.45, 2.75) is 31.2 Å². The van der Waals surface area contributed by atoms with Crippen LogP contribution >= 0.6 is 0 Å². The van der Waals surface area contributed by atoms with E-state index in [1.165, 1.54) is 4.31 Å². The number of carbonyl (C=O) groups excluding carboxylic acids is 1. The Morgan fingerprint density at radius 2 is 2.12 bits per heavy atom. The number of amides is 1. The topological polar surface area (TPSA) is 99.5 Å². The zero-order valence-electron chi connectivity index (χ0n) is 13.3. The number of hydrogen-bond donors (Lipinski definition) is 1. The Bertz CT molecular complexity index is 787. The summed E-state index contributed by atoms with van der Waals surface area (Å²) < 4.78 is 32.8. The molecule has 2 aliphatic heterocycles. The third-order valence-electron chi connectivity index (χ3n) is 4.59. The van der Waals surface area contributed by atoms with Gasteiger partial charge in [0.1, 0.15) is 11.3 Å². The van der Waals surface area contributed by atoms with Crippen molar-refractivity contribution in [2.75, 3.05) is 18.5 Å². The van der Waals surface area contributed by atoms with Gasteiger partial charge in [0.2, 0.25) is 15.9 Å². The molecular formula is C16H19N3O4S. The van der Waals surface area contributed by atoms with Crippen LogP contribution in [-0.2, 0) is 26.1 Å². The van der Waals surface area contributed by atoms with Gasteiger partial charge >= 0.3 is 0 Å². The van der Waals surface area contributed by atoms with Crippen LogP contribution in [0.2, 0.25) is 0 Å². The van der Waals surface area contributed by atoms with E-state index >= 15 is 0 Å². The number of nitrogens with zero attached hydrogens (tertiary/aromatic N) is 2. The van der Waals surface area contributed by atoms with E-state index in [1.54, 1.807) is 31.2 Å². The normalized spacial score (nSPS) is 28.3. The number of ether oxygens (including phenoxy) is 1. The van der Waals surface area contributed by atoms with Crippen molar-refractivity contribution in [1.29, 1.82) is 5.26 Å². The van der Waals surface area contributed by atoms with Gasteiger partial charge in [-0.05, 0) is 25.0 Å². The molecule has 128 valence electrons. The van der Waals surface area contributed by atoms with Crippen LogP contribution in [0.25, 0.3) is 0 Å². The Balaban J connectivity index is 1.99. The summed E-state index contributed by atoms with van der Waals surface area (Å²) in [7, 11) is -3.87. The molecule has 1 amide bonds. The summed E-state index contributed by atoms with van der Waals surface area (Å²) in [6.45, 7) is 2.01. The smallest absolute Gasteiger partial charge is 0.242 e. The van der Waals surface area contributed by atoms with Crippen molar-refractivity contribution in [1.82, 2.24) is 4.31 Å². The molecule has 0 bridgehead atoms. The van der Waals surface area contributed by atoms with Gasteiger partial charge in [0.05, 0.1) is 18.6 Å². The van der Waals surface area contributed by atoms with Crippen LogP contribution < -0.4 is 5.32 Å². The summed E-state index contributed by atoms with van der Waals surface area (Å²) in [6, 6.07) is 8.34. The van der Waals surface area contributed by atoms with Crippen LogP contribution in [0.5, 0.6) is 0 Å². The molecule has 7 nitrogen and oxygen atoms in total. The lowest BCUT2D eigenvalue weighted by Crippen LogP contribution is -2.51. The summed E-state index contributed by atoms with van der Waals surface area (Å²) in [6.07, 6.45) is 0.380. The number of carbonyl (C=O) groups is 1. The lowest BCUT2D eigenvalue weighted by atomic mass is 10.0. The monoisotopic (exact) mass is 349 g/mol. The predicted molar refractivity (Wildman–Crippen MR) is 87.3 cm³/mol. The van der Waals surface area contributed by atoms with E-state index in [1.807, 2.05) is 0 Å². The first kappa shape index (κ1) is 16.9. The molecule has 0 spiro atoms. The first-order valence-electron chi connectivity index (χ1n) is 7.82. The van der Waals surface area contributed by atoms with Gasteiger partial charge in [-0.2, -0.15) is 9.57 Å². The van der Waals surface area contributed by atoms with Crippen LogP contribution in [0.4, 0.5) is 5.69 Å². The zero-order valence-corrected chi connectivity index (χ0v) is 14.1. The summed E-state index contributed by atoms with van der Waals surface area (Å²) in [5, 5.41) is 11.1. The maximum absolute atomic E-state index is 13.1. The van der Waals surface area contributed by atoms with Crippen molar-refractivity contribution in [3.63, 3.8) is 0 Å². The second kappa shape index (κ2) is 6.51. The van der Waals surface area contributed by atoms with Crippen molar-refractivity contribution in [2.24, 2.45) is 5.92 Å². The highest BCUT2D eigenvalue weighted by Crippen LogP contribution is 2.30. The van der Waals surface area contributed by atoms with E-state index in [4.69, 9.17) is 4.74 Å². The van der Waals surface area contributed by atoms with Gasteiger partial charge in [-0.1, -0.05) is 18.2 Å². The number of nitrogens with one attached hydrogen (secondary N) is 1. The van der Waals surface area contributed by atoms with Crippen LogP contribution in [0.1, 0.15) is 18.9 Å². The van der Waals surface area contributed by atoms with Gasteiger partial charge in [0.15, 0.2) is 0 Å². The minimum Gasteiger partial charge on any atom is -0.380 e. The average Bonchev–Trinajstić information content (AvgIpc) is 2.72. The van der Waals surface area contributed by atoms with Crippen LogP contribution in [0.3, 0.4) is 0 Å². The van der Waals surface area contributed by atoms with Crippen molar-refractivity contribution < 1.29 is 17.9 Å². The summed E-state index contributed by atoms with van der Waals surface area (Å²) in [5.74, 6) is -1.01. The minimum absolute atomic E-state index is 0.0208. The Morgan fingerprint density at radius 1 is 1.38 bits per heavy atom. The molecule has 3 atom stereocenters. The summed E-state index contributed by atoms with van der Waals surface area (Å²) in [4.78, 5) is 12.4. The van der Waals surface area contributed by atoms with E-state index in [-0.39, 0.29) is 19.1 Å². The molecule has 8 heteroatoms. The molecule has 0 aromatic heterocycles. The number of nitriles is 1. The molecule has 1 aromatic carbocycles. The Labute approximate surface area is 141 Å². The SMILES string of the molecule is CC1C(=O)Nc2ccccc2CN1S(=O)(=O)C1COCCC1C#N. The molecule has 24 heavy (non-hydrogen) atoms. The molecule has 1 aromatic rings. The lowest BCUT2D eigenvalue weighted by molar-refractivity contribution is -0.119. The Hall–Kier alpha value is -1.95. The van der Waals surface area contributed by atoms with Crippen molar-refractivity contribution >= 4 is 21.6 Å². The minimum atomic E-state index is -3.87. The number of fused-ring (bicyclic) bond motifs is 1. The fourth-order valence-electron chi connectivity index (χ4n) is 3.09. The highest BCUT2D eigenvalue weighted by molar-refractivity contribution is 7.89. The molecule has 1 saturated heterocycles. The predicted octanol–water partition coefficient (Wildman–Crippen LogP) is 1.09. The van der Waals surface area contributed by atoms with Gasteiger partial charge in [-0.25, -0.2) is 8.42 Å². The Morgan fingerprint density at radius 3 is 2.88 bits per heavy atom. The van der Waals surface area contributed by atoms with Crippen molar-refractivity contribution in [3.05, 3.63) is 29.8 Å². The summed E-state index contributed by atoms with van der Waals surface area (Å²) >= 11 is 0. The highest BCUT2D eigenvalue weighted by atomic mass is 32.2. The molecule has 0 radical (unpaired) electrons. The van der Waals surface area contributed by atoms with Gasteiger partial charge in [0, 0.05) is 18.8 Å². The van der Waals surface area contributed by atoms with E-state index in [0.717, 1.165) is 5.56 Å². The highest BCUT2D eigenvalue weighted by Gasteiger charge is 2.44. The number of para-hydroxylation sites is 1. The number of benzene rings is 1. The summed E-state index contributed by atoms with van der Waals surface area (Å²) in [5.41, 5.74) is 1.34. The van der Waals surface area contributed by atoms with E-state index in [0.29, 0.717) is 18.7 Å². The largest absolute Gasteiger partial charge is 0.380 e. The molecule has 3 unspecified atom stereocenters. The molecule has 2 heterocycles. The number of sulfonamides is 1. The third-order valence-corrected chi connectivity index (χ3v) is 6.92. The zero-order chi connectivity index (χ0) is 17.3. The molecule has 3 rings (SSSR count). The van der Waals surface area contributed by atoms with Crippen LogP contribution in [0.15, 0.2) is 24.3 Å². The maximum atomic E-state index is 13.1. The van der Waals surface area contributed by atoms with Gasteiger partial charge in [0.25, 0.3) is 0 Å². The van der Waals surface area contributed by atoms with E-state index in [2.05, 4.69) is 11.4 Å². The second-order valence-electron chi connectivity index (χ2n) is 6.05. The van der Waals surface area contributed by atoms with Crippen molar-refractivity contribution in [3.8, 4) is 6.07 Å². The quantitative estimate of drug-likeness (QED) is 0.861. The average molecular weight is 349 g/mol. The fraction of sp³-hybridized carbons (Fsp3) is 0.500. The van der Waals surface area contributed by atoms with Gasteiger partial charge in [-0.15, -0.1) is 0 Å². The molecule has 1 N–H and O–H groups in total. The fourth-order valence-corrected chi connectivity index (χ4v) is 5.17. The van der Waals surface area contributed by atoms with E-state index < -0.39 is 27.2 Å². The molecule has 1 fully saturated rings. The van der Waals surface area contributed by atoms with E-state index in [9.17, 15) is 18.5 Å².